The monoisotopic (exact) mass is 406 g/mol. The second-order valence-electron chi connectivity index (χ2n) is 7.65. The summed E-state index contributed by atoms with van der Waals surface area (Å²) in [5.74, 6) is -1.13. The van der Waals surface area contributed by atoms with Crippen molar-refractivity contribution in [3.63, 3.8) is 0 Å². The third kappa shape index (κ3) is 6.03. The molecule has 28 heavy (non-hydrogen) atoms. The van der Waals surface area contributed by atoms with Crippen molar-refractivity contribution in [1.82, 2.24) is 0 Å². The first-order chi connectivity index (χ1) is 13.1. The van der Waals surface area contributed by atoms with E-state index in [9.17, 15) is 9.18 Å². The quantitative estimate of drug-likeness (QED) is 0.640. The molecule has 0 aromatic heterocycles. The van der Waals surface area contributed by atoms with E-state index >= 15 is 0 Å². The second kappa shape index (κ2) is 9.50. The Morgan fingerprint density at radius 1 is 1.21 bits per heavy atom. The van der Waals surface area contributed by atoms with Crippen LogP contribution in [0.2, 0.25) is 5.02 Å². The van der Waals surface area contributed by atoms with Crippen LogP contribution in [-0.4, -0.2) is 24.2 Å². The average Bonchev–Trinajstić information content (AvgIpc) is 2.61. The summed E-state index contributed by atoms with van der Waals surface area (Å²) in [6.07, 6.45) is 0.997. The number of esters is 1. The van der Waals surface area contributed by atoms with Gasteiger partial charge in [0.1, 0.15) is 5.82 Å². The van der Waals surface area contributed by atoms with Gasteiger partial charge in [0.25, 0.3) is 0 Å². The summed E-state index contributed by atoms with van der Waals surface area (Å²) in [5, 5.41) is 0.483. The molecule has 2 aromatic rings. The lowest BCUT2D eigenvalue weighted by molar-refractivity contribution is -0.150. The SMILES string of the molecule is CCOC(=O)C(CC(N)Cc1ccc(-c2cc(Cl)ccc2F)cc1)C(C)(C)N. The normalized spacial score (nSPS) is 13.8. The van der Waals surface area contributed by atoms with Crippen LogP contribution in [0.15, 0.2) is 42.5 Å². The Morgan fingerprint density at radius 2 is 1.86 bits per heavy atom. The Morgan fingerprint density at radius 3 is 2.43 bits per heavy atom. The van der Waals surface area contributed by atoms with Crippen molar-refractivity contribution < 1.29 is 13.9 Å². The molecule has 0 bridgehead atoms. The average molecular weight is 407 g/mol. The molecule has 0 saturated heterocycles. The molecule has 0 radical (unpaired) electrons. The zero-order valence-corrected chi connectivity index (χ0v) is 17.3. The second-order valence-corrected chi connectivity index (χ2v) is 8.08. The minimum Gasteiger partial charge on any atom is -0.466 e. The highest BCUT2D eigenvalue weighted by atomic mass is 35.5. The maximum Gasteiger partial charge on any atom is 0.310 e. The van der Waals surface area contributed by atoms with Crippen LogP contribution in [0.1, 0.15) is 32.8 Å². The van der Waals surface area contributed by atoms with E-state index in [1.54, 1.807) is 26.8 Å². The van der Waals surface area contributed by atoms with Crippen LogP contribution in [0.3, 0.4) is 0 Å². The van der Waals surface area contributed by atoms with Crippen molar-refractivity contribution in [2.75, 3.05) is 6.61 Å². The summed E-state index contributed by atoms with van der Waals surface area (Å²) in [7, 11) is 0. The zero-order chi connectivity index (χ0) is 20.9. The minimum atomic E-state index is -0.724. The lowest BCUT2D eigenvalue weighted by atomic mass is 9.82. The number of hydrogen-bond donors (Lipinski definition) is 2. The van der Waals surface area contributed by atoms with E-state index < -0.39 is 11.5 Å². The van der Waals surface area contributed by atoms with E-state index in [1.165, 1.54) is 12.1 Å². The Balaban J connectivity index is 2.08. The van der Waals surface area contributed by atoms with Gasteiger partial charge in [0, 0.05) is 22.2 Å². The first-order valence-electron chi connectivity index (χ1n) is 9.37. The summed E-state index contributed by atoms with van der Waals surface area (Å²) in [5.41, 5.74) is 13.9. The van der Waals surface area contributed by atoms with Crippen LogP contribution in [0.5, 0.6) is 0 Å². The fourth-order valence-electron chi connectivity index (χ4n) is 3.17. The zero-order valence-electron chi connectivity index (χ0n) is 16.5. The third-order valence-electron chi connectivity index (χ3n) is 4.70. The van der Waals surface area contributed by atoms with E-state index in [0.29, 0.717) is 30.0 Å². The van der Waals surface area contributed by atoms with Gasteiger partial charge < -0.3 is 16.2 Å². The molecule has 6 heteroatoms. The van der Waals surface area contributed by atoms with E-state index in [0.717, 1.165) is 11.1 Å². The van der Waals surface area contributed by atoms with Gasteiger partial charge in [0.2, 0.25) is 0 Å². The fourth-order valence-corrected chi connectivity index (χ4v) is 3.35. The first-order valence-corrected chi connectivity index (χ1v) is 9.75. The molecule has 2 rings (SSSR count). The van der Waals surface area contributed by atoms with Crippen molar-refractivity contribution in [1.29, 1.82) is 0 Å². The predicted molar refractivity (Wildman–Crippen MR) is 112 cm³/mol. The molecule has 4 N–H and O–H groups in total. The van der Waals surface area contributed by atoms with Crippen LogP contribution in [0.25, 0.3) is 11.1 Å². The Hall–Kier alpha value is -1.95. The molecule has 2 aromatic carbocycles. The molecule has 152 valence electrons. The molecule has 0 spiro atoms. The molecule has 4 nitrogen and oxygen atoms in total. The number of benzene rings is 2. The molecule has 0 aliphatic rings. The smallest absolute Gasteiger partial charge is 0.310 e. The van der Waals surface area contributed by atoms with Crippen LogP contribution in [-0.2, 0) is 16.0 Å². The van der Waals surface area contributed by atoms with E-state index in [2.05, 4.69) is 0 Å². The highest BCUT2D eigenvalue weighted by molar-refractivity contribution is 6.30. The number of halogens is 2. The van der Waals surface area contributed by atoms with Gasteiger partial charge in [-0.05, 0) is 62.9 Å². The molecule has 2 unspecified atom stereocenters. The van der Waals surface area contributed by atoms with Crippen molar-refractivity contribution in [3.05, 3.63) is 58.9 Å². The summed E-state index contributed by atoms with van der Waals surface area (Å²) in [6, 6.07) is 11.7. The molecule has 0 heterocycles. The Bertz CT molecular complexity index is 803. The summed E-state index contributed by atoms with van der Waals surface area (Å²) in [4.78, 5) is 12.2. The standard InChI is InChI=1S/C22H28ClFN2O2/c1-4-28-21(27)19(22(2,3)26)13-17(25)11-14-5-7-15(8-6-14)18-12-16(23)9-10-20(18)24/h5-10,12,17,19H,4,11,13,25-26H2,1-3H3. The fraction of sp³-hybridized carbons (Fsp3) is 0.409. The maximum absolute atomic E-state index is 14.0. The van der Waals surface area contributed by atoms with E-state index in [1.807, 2.05) is 24.3 Å². The molecular formula is C22H28ClFN2O2. The first kappa shape index (κ1) is 22.3. The summed E-state index contributed by atoms with van der Waals surface area (Å²) < 4.78 is 19.2. The molecule has 0 aliphatic heterocycles. The number of nitrogens with two attached hydrogens (primary N) is 2. The van der Waals surface area contributed by atoms with Gasteiger partial charge in [0.15, 0.2) is 0 Å². The van der Waals surface area contributed by atoms with Gasteiger partial charge in [-0.25, -0.2) is 4.39 Å². The highest BCUT2D eigenvalue weighted by Gasteiger charge is 2.34. The van der Waals surface area contributed by atoms with Gasteiger partial charge in [0.05, 0.1) is 12.5 Å². The summed E-state index contributed by atoms with van der Waals surface area (Å²) >= 11 is 5.97. The van der Waals surface area contributed by atoms with E-state index in [4.69, 9.17) is 27.8 Å². The minimum absolute atomic E-state index is 0.258. The van der Waals surface area contributed by atoms with Gasteiger partial charge in [-0.2, -0.15) is 0 Å². The summed E-state index contributed by atoms with van der Waals surface area (Å²) in [6.45, 7) is 5.68. The number of rotatable bonds is 8. The van der Waals surface area contributed by atoms with Crippen molar-refractivity contribution in [2.24, 2.45) is 17.4 Å². The highest BCUT2D eigenvalue weighted by Crippen LogP contribution is 2.27. The Labute approximate surface area is 171 Å². The van der Waals surface area contributed by atoms with Crippen LogP contribution < -0.4 is 11.5 Å². The topological polar surface area (TPSA) is 78.3 Å². The number of carbonyl (C=O) groups is 1. The number of ether oxygens (including phenoxy) is 1. The lowest BCUT2D eigenvalue weighted by Gasteiger charge is -2.30. The third-order valence-corrected chi connectivity index (χ3v) is 4.93. The van der Waals surface area contributed by atoms with Crippen molar-refractivity contribution >= 4 is 17.6 Å². The van der Waals surface area contributed by atoms with Crippen molar-refractivity contribution in [3.8, 4) is 11.1 Å². The largest absolute Gasteiger partial charge is 0.466 e. The van der Waals surface area contributed by atoms with Gasteiger partial charge in [-0.3, -0.25) is 4.79 Å². The maximum atomic E-state index is 14.0. The molecule has 2 atom stereocenters. The molecule has 0 amide bonds. The number of hydrogen-bond acceptors (Lipinski definition) is 4. The molecule has 0 fully saturated rings. The van der Waals surface area contributed by atoms with Gasteiger partial charge in [-0.1, -0.05) is 35.9 Å². The van der Waals surface area contributed by atoms with Gasteiger partial charge >= 0.3 is 5.97 Å². The predicted octanol–water partition coefficient (Wildman–Crippen LogP) is 4.32. The van der Waals surface area contributed by atoms with E-state index in [-0.39, 0.29) is 17.8 Å². The lowest BCUT2D eigenvalue weighted by Crippen LogP contribution is -2.48. The van der Waals surface area contributed by atoms with Crippen LogP contribution in [0, 0.1) is 11.7 Å². The molecule has 0 saturated carbocycles. The van der Waals surface area contributed by atoms with Gasteiger partial charge in [-0.15, -0.1) is 0 Å². The van der Waals surface area contributed by atoms with Crippen molar-refractivity contribution in [2.45, 2.75) is 45.2 Å². The molecular weight excluding hydrogens is 379 g/mol. The number of carbonyl (C=O) groups excluding carboxylic acids is 1. The Kier molecular flexibility index (Phi) is 7.58. The van der Waals surface area contributed by atoms with Crippen LogP contribution in [0.4, 0.5) is 4.39 Å². The molecule has 0 aliphatic carbocycles. The van der Waals surface area contributed by atoms with Crippen LogP contribution >= 0.6 is 11.6 Å².